The van der Waals surface area contributed by atoms with Crippen molar-refractivity contribution in [2.45, 2.75) is 44.1 Å². The Morgan fingerprint density at radius 3 is 2.47 bits per heavy atom. The number of nitrogens with one attached hydrogen (secondary N) is 1. The number of rotatable bonds is 4. The van der Waals surface area contributed by atoms with E-state index in [9.17, 15) is 4.79 Å². The molecule has 0 saturated heterocycles. The third-order valence-corrected chi connectivity index (χ3v) is 4.80. The second-order valence-electron chi connectivity index (χ2n) is 5.00. The molecule has 0 unspecified atom stereocenters. The average Bonchev–Trinajstić information content (AvgIpc) is 2.97. The molecule has 0 aromatic carbocycles. The lowest BCUT2D eigenvalue weighted by Gasteiger charge is -2.27. The summed E-state index contributed by atoms with van der Waals surface area (Å²) in [5.41, 5.74) is 13.2. The molecule has 2 fully saturated rings. The highest BCUT2D eigenvalue weighted by molar-refractivity contribution is 7.18. The molecule has 1 heterocycles. The Morgan fingerprint density at radius 1 is 1.29 bits per heavy atom. The van der Waals surface area contributed by atoms with Crippen molar-refractivity contribution < 1.29 is 4.79 Å². The Morgan fingerprint density at radius 2 is 2.00 bits per heavy atom. The summed E-state index contributed by atoms with van der Waals surface area (Å²) in [6.07, 6.45) is 6.08. The molecule has 4 nitrogen and oxygen atoms in total. The molecule has 1 aromatic heterocycles. The van der Waals surface area contributed by atoms with Crippen LogP contribution in [0.1, 0.15) is 53.3 Å². The zero-order valence-corrected chi connectivity index (χ0v) is 10.5. The van der Waals surface area contributed by atoms with Crippen LogP contribution in [0.5, 0.6) is 0 Å². The summed E-state index contributed by atoms with van der Waals surface area (Å²) in [6, 6.07) is 0.561. The fourth-order valence-corrected chi connectivity index (χ4v) is 3.40. The van der Waals surface area contributed by atoms with Crippen LogP contribution in [0.4, 0.5) is 10.7 Å². The molecule has 2 aliphatic carbocycles. The van der Waals surface area contributed by atoms with Gasteiger partial charge in [0.2, 0.25) is 0 Å². The first kappa shape index (κ1) is 10.9. The smallest absolute Gasteiger partial charge is 0.260 e. The van der Waals surface area contributed by atoms with Gasteiger partial charge < -0.3 is 16.8 Å². The van der Waals surface area contributed by atoms with Gasteiger partial charge >= 0.3 is 0 Å². The summed E-state index contributed by atoms with van der Waals surface area (Å²) in [6.45, 7) is 0. The highest BCUT2D eigenvalue weighted by Crippen LogP contribution is 2.51. The van der Waals surface area contributed by atoms with Crippen LogP contribution in [0.15, 0.2) is 0 Å². The van der Waals surface area contributed by atoms with E-state index in [0.29, 0.717) is 22.5 Å². The molecule has 0 spiro atoms. The van der Waals surface area contributed by atoms with Gasteiger partial charge in [-0.15, -0.1) is 11.3 Å². The Bertz CT molecular complexity index is 461. The van der Waals surface area contributed by atoms with Crippen LogP contribution in [0.25, 0.3) is 0 Å². The topological polar surface area (TPSA) is 81.1 Å². The van der Waals surface area contributed by atoms with Crippen molar-refractivity contribution in [3.63, 3.8) is 0 Å². The zero-order valence-electron chi connectivity index (χ0n) is 9.66. The van der Waals surface area contributed by atoms with Gasteiger partial charge in [0.25, 0.3) is 5.91 Å². The molecule has 1 amide bonds. The maximum absolute atomic E-state index is 11.3. The van der Waals surface area contributed by atoms with Crippen LogP contribution in [-0.4, -0.2) is 11.9 Å². The molecule has 2 saturated carbocycles. The predicted molar refractivity (Wildman–Crippen MR) is 70.5 cm³/mol. The van der Waals surface area contributed by atoms with Crippen molar-refractivity contribution in [1.29, 1.82) is 0 Å². The van der Waals surface area contributed by atoms with Gasteiger partial charge in [-0.05, 0) is 38.0 Å². The first-order chi connectivity index (χ1) is 8.16. The van der Waals surface area contributed by atoms with E-state index in [2.05, 4.69) is 5.32 Å². The summed E-state index contributed by atoms with van der Waals surface area (Å²) in [5, 5.41) is 4.60. The third kappa shape index (κ3) is 1.88. The lowest BCUT2D eigenvalue weighted by Crippen LogP contribution is -2.26. The van der Waals surface area contributed by atoms with Gasteiger partial charge in [0.15, 0.2) is 0 Å². The SMILES string of the molecule is NC(=O)c1sc(NC2CCC2)c(C2CC2)c1N. The Kier molecular flexibility index (Phi) is 2.50. The molecule has 0 atom stereocenters. The van der Waals surface area contributed by atoms with Gasteiger partial charge in [0.05, 0.1) is 10.7 Å². The first-order valence-electron chi connectivity index (χ1n) is 6.15. The zero-order chi connectivity index (χ0) is 12.0. The molecule has 2 aliphatic rings. The van der Waals surface area contributed by atoms with E-state index in [-0.39, 0.29) is 0 Å². The van der Waals surface area contributed by atoms with Gasteiger partial charge in [0, 0.05) is 11.6 Å². The van der Waals surface area contributed by atoms with Crippen molar-refractivity contribution in [1.82, 2.24) is 0 Å². The van der Waals surface area contributed by atoms with Crippen molar-refractivity contribution in [3.05, 3.63) is 10.4 Å². The van der Waals surface area contributed by atoms with E-state index < -0.39 is 5.91 Å². The molecular weight excluding hydrogens is 234 g/mol. The minimum Gasteiger partial charge on any atom is -0.397 e. The van der Waals surface area contributed by atoms with Crippen LogP contribution in [0, 0.1) is 0 Å². The largest absolute Gasteiger partial charge is 0.397 e. The van der Waals surface area contributed by atoms with Crippen LogP contribution in [-0.2, 0) is 0 Å². The van der Waals surface area contributed by atoms with Crippen molar-refractivity contribution >= 4 is 27.9 Å². The van der Waals surface area contributed by atoms with Gasteiger partial charge in [0.1, 0.15) is 4.88 Å². The summed E-state index contributed by atoms with van der Waals surface area (Å²) >= 11 is 1.43. The van der Waals surface area contributed by atoms with Gasteiger partial charge in [-0.3, -0.25) is 4.79 Å². The van der Waals surface area contributed by atoms with Gasteiger partial charge in [-0.1, -0.05) is 0 Å². The number of hydrogen-bond acceptors (Lipinski definition) is 4. The van der Waals surface area contributed by atoms with E-state index in [1.807, 2.05) is 0 Å². The first-order valence-corrected chi connectivity index (χ1v) is 6.97. The highest BCUT2D eigenvalue weighted by atomic mass is 32.1. The van der Waals surface area contributed by atoms with Crippen LogP contribution in [0.3, 0.4) is 0 Å². The van der Waals surface area contributed by atoms with E-state index >= 15 is 0 Å². The molecule has 0 radical (unpaired) electrons. The summed E-state index contributed by atoms with van der Waals surface area (Å²) in [7, 11) is 0. The van der Waals surface area contributed by atoms with E-state index in [4.69, 9.17) is 11.5 Å². The Hall–Kier alpha value is -1.23. The maximum Gasteiger partial charge on any atom is 0.260 e. The standard InChI is InChI=1S/C12H17N3OS/c13-9-8(6-4-5-6)12(15-7-2-1-3-7)17-10(9)11(14)16/h6-7,15H,1-5,13H2,(H2,14,16). The number of amides is 1. The lowest BCUT2D eigenvalue weighted by atomic mass is 9.93. The second kappa shape index (κ2) is 3.91. The Balaban J connectivity index is 1.93. The number of nitrogen functional groups attached to an aromatic ring is 1. The molecule has 5 heteroatoms. The van der Waals surface area contributed by atoms with Crippen molar-refractivity contribution in [2.24, 2.45) is 5.73 Å². The fraction of sp³-hybridized carbons (Fsp3) is 0.583. The molecule has 0 bridgehead atoms. The molecule has 3 rings (SSSR count). The molecule has 92 valence electrons. The van der Waals surface area contributed by atoms with Gasteiger partial charge in [-0.2, -0.15) is 0 Å². The summed E-state index contributed by atoms with van der Waals surface area (Å²) in [4.78, 5) is 11.8. The van der Waals surface area contributed by atoms with Crippen LogP contribution in [0.2, 0.25) is 0 Å². The van der Waals surface area contributed by atoms with Gasteiger partial charge in [-0.25, -0.2) is 0 Å². The normalized spacial score (nSPS) is 20.0. The number of thiophene rings is 1. The molecule has 5 N–H and O–H groups in total. The minimum absolute atomic E-state index is 0.406. The van der Waals surface area contributed by atoms with Crippen LogP contribution < -0.4 is 16.8 Å². The quantitative estimate of drug-likeness (QED) is 0.767. The van der Waals surface area contributed by atoms with E-state index in [1.165, 1.54) is 43.4 Å². The number of anilines is 2. The minimum atomic E-state index is -0.406. The van der Waals surface area contributed by atoms with Crippen molar-refractivity contribution in [2.75, 3.05) is 11.1 Å². The monoisotopic (exact) mass is 251 g/mol. The lowest BCUT2D eigenvalue weighted by molar-refractivity contribution is 0.100. The maximum atomic E-state index is 11.3. The second-order valence-corrected chi connectivity index (χ2v) is 6.02. The van der Waals surface area contributed by atoms with E-state index in [0.717, 1.165) is 10.6 Å². The highest BCUT2D eigenvalue weighted by Gasteiger charge is 2.33. The molecule has 17 heavy (non-hydrogen) atoms. The number of nitrogens with two attached hydrogens (primary N) is 2. The third-order valence-electron chi connectivity index (χ3n) is 3.63. The molecule has 0 aliphatic heterocycles. The number of hydrogen-bond donors (Lipinski definition) is 3. The van der Waals surface area contributed by atoms with Crippen molar-refractivity contribution in [3.8, 4) is 0 Å². The summed E-state index contributed by atoms with van der Waals surface area (Å²) in [5.74, 6) is 0.137. The number of carbonyl (C=O) groups excluding carboxylic acids is 1. The fourth-order valence-electron chi connectivity index (χ4n) is 2.26. The Labute approximate surface area is 104 Å². The van der Waals surface area contributed by atoms with Crippen LogP contribution >= 0.6 is 11.3 Å². The average molecular weight is 251 g/mol. The molecule has 1 aromatic rings. The molecular formula is C12H17N3OS. The predicted octanol–water partition coefficient (Wildman–Crippen LogP) is 2.27. The summed E-state index contributed by atoms with van der Waals surface area (Å²) < 4.78 is 0. The number of primary amides is 1. The number of carbonyl (C=O) groups is 1. The van der Waals surface area contributed by atoms with E-state index in [1.54, 1.807) is 0 Å².